The molecule has 1 aliphatic heterocycles. The summed E-state index contributed by atoms with van der Waals surface area (Å²) in [6.07, 6.45) is 3.64. The maximum absolute atomic E-state index is 13.1. The predicted octanol–water partition coefficient (Wildman–Crippen LogP) is 2.91. The third kappa shape index (κ3) is 3.21. The SMILES string of the molecule is Cc1c(CNC(=O)N2CCCC2c2ccc(F)cc2)cnn1C. The maximum Gasteiger partial charge on any atom is 0.318 e. The van der Waals surface area contributed by atoms with Gasteiger partial charge in [0.15, 0.2) is 0 Å². The molecule has 1 fully saturated rings. The van der Waals surface area contributed by atoms with Gasteiger partial charge < -0.3 is 10.2 Å². The van der Waals surface area contributed by atoms with E-state index in [1.165, 1.54) is 12.1 Å². The molecule has 1 N–H and O–H groups in total. The van der Waals surface area contributed by atoms with Crippen LogP contribution < -0.4 is 5.32 Å². The van der Waals surface area contributed by atoms with E-state index < -0.39 is 0 Å². The fourth-order valence-corrected chi connectivity index (χ4v) is 3.03. The Morgan fingerprint density at radius 1 is 1.39 bits per heavy atom. The van der Waals surface area contributed by atoms with Crippen molar-refractivity contribution in [2.24, 2.45) is 7.05 Å². The molecule has 1 aliphatic rings. The van der Waals surface area contributed by atoms with Crippen molar-refractivity contribution in [1.29, 1.82) is 0 Å². The lowest BCUT2D eigenvalue weighted by Crippen LogP contribution is -2.39. The van der Waals surface area contributed by atoms with E-state index >= 15 is 0 Å². The Labute approximate surface area is 135 Å². The Bertz CT molecular complexity index is 695. The summed E-state index contributed by atoms with van der Waals surface area (Å²) in [4.78, 5) is 14.3. The number of urea groups is 1. The number of benzene rings is 1. The summed E-state index contributed by atoms with van der Waals surface area (Å²) in [6.45, 7) is 3.16. The van der Waals surface area contributed by atoms with Gasteiger partial charge in [0.2, 0.25) is 0 Å². The first-order valence-electron chi connectivity index (χ1n) is 7.83. The van der Waals surface area contributed by atoms with E-state index in [9.17, 15) is 9.18 Å². The van der Waals surface area contributed by atoms with Crippen LogP contribution in [0.5, 0.6) is 0 Å². The minimum Gasteiger partial charge on any atom is -0.334 e. The van der Waals surface area contributed by atoms with Crippen LogP contribution in [-0.2, 0) is 13.6 Å². The standard InChI is InChI=1S/C17H21FN4O/c1-12-14(11-20-21(12)2)10-19-17(23)22-9-3-4-16(22)13-5-7-15(18)8-6-13/h5-8,11,16H,3-4,9-10H2,1-2H3,(H,19,23). The summed E-state index contributed by atoms with van der Waals surface area (Å²) in [5, 5.41) is 7.14. The summed E-state index contributed by atoms with van der Waals surface area (Å²) in [6, 6.07) is 6.35. The molecular formula is C17H21FN4O. The van der Waals surface area contributed by atoms with Crippen molar-refractivity contribution in [1.82, 2.24) is 20.0 Å². The van der Waals surface area contributed by atoms with Gasteiger partial charge in [-0.1, -0.05) is 12.1 Å². The molecule has 2 amide bonds. The van der Waals surface area contributed by atoms with Crippen molar-refractivity contribution in [2.75, 3.05) is 6.54 Å². The quantitative estimate of drug-likeness (QED) is 0.946. The van der Waals surface area contributed by atoms with E-state index in [1.807, 2.05) is 18.9 Å². The molecule has 1 aromatic heterocycles. The van der Waals surface area contributed by atoms with E-state index in [-0.39, 0.29) is 17.9 Å². The fourth-order valence-electron chi connectivity index (χ4n) is 3.03. The number of hydrogen-bond acceptors (Lipinski definition) is 2. The van der Waals surface area contributed by atoms with Gasteiger partial charge in [-0.15, -0.1) is 0 Å². The molecule has 6 heteroatoms. The molecule has 122 valence electrons. The molecule has 1 unspecified atom stereocenters. The first kappa shape index (κ1) is 15.5. The zero-order chi connectivity index (χ0) is 16.4. The lowest BCUT2D eigenvalue weighted by Gasteiger charge is -2.25. The molecule has 0 saturated carbocycles. The van der Waals surface area contributed by atoms with Gasteiger partial charge in [0, 0.05) is 31.4 Å². The van der Waals surface area contributed by atoms with Gasteiger partial charge >= 0.3 is 6.03 Å². The molecule has 0 aliphatic carbocycles. The number of hydrogen-bond donors (Lipinski definition) is 1. The maximum atomic E-state index is 13.1. The van der Waals surface area contributed by atoms with Crippen molar-refractivity contribution in [3.63, 3.8) is 0 Å². The highest BCUT2D eigenvalue weighted by Crippen LogP contribution is 2.31. The van der Waals surface area contributed by atoms with Crippen LogP contribution in [0.1, 0.15) is 35.7 Å². The van der Waals surface area contributed by atoms with Crippen LogP contribution in [0.15, 0.2) is 30.5 Å². The summed E-state index contributed by atoms with van der Waals surface area (Å²) < 4.78 is 14.9. The highest BCUT2D eigenvalue weighted by molar-refractivity contribution is 5.75. The summed E-state index contributed by atoms with van der Waals surface area (Å²) in [5.41, 5.74) is 3.04. The molecule has 1 atom stereocenters. The molecule has 3 rings (SSSR count). The molecule has 0 spiro atoms. The minimum atomic E-state index is -0.255. The molecule has 23 heavy (non-hydrogen) atoms. The zero-order valence-corrected chi connectivity index (χ0v) is 13.4. The van der Waals surface area contributed by atoms with Crippen LogP contribution in [0.25, 0.3) is 0 Å². The van der Waals surface area contributed by atoms with Gasteiger partial charge in [-0.25, -0.2) is 9.18 Å². The van der Waals surface area contributed by atoms with Gasteiger partial charge in [0.05, 0.1) is 12.2 Å². The van der Waals surface area contributed by atoms with Gasteiger partial charge in [0.1, 0.15) is 5.82 Å². The Balaban J connectivity index is 1.66. The lowest BCUT2D eigenvalue weighted by molar-refractivity contribution is 0.192. The van der Waals surface area contributed by atoms with E-state index in [0.717, 1.165) is 36.2 Å². The van der Waals surface area contributed by atoms with Gasteiger partial charge in [-0.2, -0.15) is 5.10 Å². The lowest BCUT2D eigenvalue weighted by atomic mass is 10.0. The summed E-state index contributed by atoms with van der Waals surface area (Å²) in [5.74, 6) is -0.255. The third-order valence-corrected chi connectivity index (χ3v) is 4.54. The smallest absolute Gasteiger partial charge is 0.318 e. The van der Waals surface area contributed by atoms with E-state index in [1.54, 1.807) is 23.0 Å². The number of aryl methyl sites for hydroxylation is 1. The van der Waals surface area contributed by atoms with Crippen LogP contribution in [0.2, 0.25) is 0 Å². The second-order valence-electron chi connectivity index (χ2n) is 5.94. The highest BCUT2D eigenvalue weighted by Gasteiger charge is 2.29. The van der Waals surface area contributed by atoms with Gasteiger partial charge in [-0.05, 0) is 37.5 Å². The second kappa shape index (κ2) is 6.40. The topological polar surface area (TPSA) is 50.2 Å². The molecule has 0 radical (unpaired) electrons. The molecule has 1 aromatic carbocycles. The first-order valence-corrected chi connectivity index (χ1v) is 7.83. The zero-order valence-electron chi connectivity index (χ0n) is 13.4. The Morgan fingerprint density at radius 2 is 2.13 bits per heavy atom. The van der Waals surface area contributed by atoms with Gasteiger partial charge in [-0.3, -0.25) is 4.68 Å². The van der Waals surface area contributed by atoms with Crippen molar-refractivity contribution in [3.05, 3.63) is 53.1 Å². The van der Waals surface area contributed by atoms with E-state index in [2.05, 4.69) is 10.4 Å². The Kier molecular flexibility index (Phi) is 4.32. The number of carbonyl (C=O) groups is 1. The van der Waals surface area contributed by atoms with Crippen LogP contribution in [0, 0.1) is 12.7 Å². The van der Waals surface area contributed by atoms with Crippen LogP contribution in [0.3, 0.4) is 0 Å². The van der Waals surface area contributed by atoms with E-state index in [0.29, 0.717) is 6.54 Å². The Morgan fingerprint density at radius 3 is 2.78 bits per heavy atom. The number of nitrogens with zero attached hydrogens (tertiary/aromatic N) is 3. The minimum absolute atomic E-state index is 0.0191. The average Bonchev–Trinajstić information content (AvgIpc) is 3.15. The fraction of sp³-hybridized carbons (Fsp3) is 0.412. The highest BCUT2D eigenvalue weighted by atomic mass is 19.1. The molecule has 2 heterocycles. The number of aromatic nitrogens is 2. The van der Waals surface area contributed by atoms with Crippen molar-refractivity contribution in [3.8, 4) is 0 Å². The largest absolute Gasteiger partial charge is 0.334 e. The summed E-state index contributed by atoms with van der Waals surface area (Å²) in [7, 11) is 1.88. The van der Waals surface area contributed by atoms with Crippen molar-refractivity contribution in [2.45, 2.75) is 32.4 Å². The monoisotopic (exact) mass is 316 g/mol. The molecule has 1 saturated heterocycles. The normalized spacial score (nSPS) is 17.5. The van der Waals surface area contributed by atoms with Crippen LogP contribution in [-0.4, -0.2) is 27.3 Å². The number of halogens is 1. The summed E-state index contributed by atoms with van der Waals surface area (Å²) >= 11 is 0. The number of amides is 2. The van der Waals surface area contributed by atoms with Crippen LogP contribution >= 0.6 is 0 Å². The number of likely N-dealkylation sites (tertiary alicyclic amines) is 1. The number of nitrogens with one attached hydrogen (secondary N) is 1. The van der Waals surface area contributed by atoms with E-state index in [4.69, 9.17) is 0 Å². The average molecular weight is 316 g/mol. The Hall–Kier alpha value is -2.37. The van der Waals surface area contributed by atoms with Crippen molar-refractivity contribution >= 4 is 6.03 Å². The third-order valence-electron chi connectivity index (χ3n) is 4.54. The molecule has 5 nitrogen and oxygen atoms in total. The molecule has 0 bridgehead atoms. The van der Waals surface area contributed by atoms with Gasteiger partial charge in [0.25, 0.3) is 0 Å². The second-order valence-corrected chi connectivity index (χ2v) is 5.94. The molecular weight excluding hydrogens is 295 g/mol. The predicted molar refractivity (Wildman–Crippen MR) is 85.3 cm³/mol. The van der Waals surface area contributed by atoms with Crippen molar-refractivity contribution < 1.29 is 9.18 Å². The number of carbonyl (C=O) groups excluding carboxylic acids is 1. The first-order chi connectivity index (χ1) is 11.1. The molecule has 2 aromatic rings. The van der Waals surface area contributed by atoms with Crippen LogP contribution in [0.4, 0.5) is 9.18 Å². The number of rotatable bonds is 3.